The van der Waals surface area contributed by atoms with Gasteiger partial charge in [-0.05, 0) is 26.0 Å². The van der Waals surface area contributed by atoms with Crippen LogP contribution < -0.4 is 10.1 Å². The molecule has 1 heterocycles. The minimum absolute atomic E-state index is 0.0767. The van der Waals surface area contributed by atoms with Crippen LogP contribution in [0.3, 0.4) is 0 Å². The van der Waals surface area contributed by atoms with Crippen molar-refractivity contribution in [3.8, 4) is 5.75 Å². The standard InChI is InChI=1S/C17H24ClNO2/c1-19-12-13-5-4-6-15(18)16(13)21-14-7-10-20-17(11-14)8-2-3-9-17/h4-6,14,19H,2-3,7-12H2,1H3. The third-order valence-electron chi connectivity index (χ3n) is 4.66. The molecule has 1 saturated carbocycles. The first-order valence-corrected chi connectivity index (χ1v) is 8.33. The molecule has 2 fully saturated rings. The van der Waals surface area contributed by atoms with Gasteiger partial charge in [0.25, 0.3) is 0 Å². The van der Waals surface area contributed by atoms with Crippen LogP contribution in [0.2, 0.25) is 5.02 Å². The van der Waals surface area contributed by atoms with E-state index in [2.05, 4.69) is 11.4 Å². The summed E-state index contributed by atoms with van der Waals surface area (Å²) in [6, 6.07) is 5.95. The fourth-order valence-corrected chi connectivity index (χ4v) is 3.87. The van der Waals surface area contributed by atoms with Crippen molar-refractivity contribution in [2.45, 2.75) is 56.8 Å². The van der Waals surface area contributed by atoms with Gasteiger partial charge in [0.05, 0.1) is 17.2 Å². The monoisotopic (exact) mass is 309 g/mol. The number of rotatable bonds is 4. The second kappa shape index (κ2) is 6.55. The summed E-state index contributed by atoms with van der Waals surface area (Å²) in [5, 5.41) is 3.88. The molecular weight excluding hydrogens is 286 g/mol. The van der Waals surface area contributed by atoms with Crippen LogP contribution in [0.15, 0.2) is 18.2 Å². The summed E-state index contributed by atoms with van der Waals surface area (Å²) < 4.78 is 12.4. The van der Waals surface area contributed by atoms with Crippen molar-refractivity contribution in [2.75, 3.05) is 13.7 Å². The van der Waals surface area contributed by atoms with Gasteiger partial charge >= 0.3 is 0 Å². The molecule has 21 heavy (non-hydrogen) atoms. The number of hydrogen-bond donors (Lipinski definition) is 1. The second-order valence-corrected chi connectivity index (χ2v) is 6.64. The van der Waals surface area contributed by atoms with Crippen molar-refractivity contribution < 1.29 is 9.47 Å². The third-order valence-corrected chi connectivity index (χ3v) is 4.96. The SMILES string of the molecule is CNCc1cccc(Cl)c1OC1CCOC2(CCCC2)C1. The number of para-hydroxylation sites is 1. The summed E-state index contributed by atoms with van der Waals surface area (Å²) in [4.78, 5) is 0. The maximum atomic E-state index is 6.35. The zero-order valence-electron chi connectivity index (χ0n) is 12.7. The van der Waals surface area contributed by atoms with Gasteiger partial charge in [0.2, 0.25) is 0 Å². The van der Waals surface area contributed by atoms with Gasteiger partial charge in [0.15, 0.2) is 0 Å². The molecule has 2 aliphatic rings. The third kappa shape index (κ3) is 3.36. The van der Waals surface area contributed by atoms with Gasteiger partial charge in [0.1, 0.15) is 11.9 Å². The van der Waals surface area contributed by atoms with Gasteiger partial charge in [-0.25, -0.2) is 0 Å². The largest absolute Gasteiger partial charge is 0.488 e. The maximum Gasteiger partial charge on any atom is 0.142 e. The highest BCUT2D eigenvalue weighted by Crippen LogP contribution is 2.41. The first-order chi connectivity index (χ1) is 10.2. The molecule has 1 saturated heterocycles. The van der Waals surface area contributed by atoms with Gasteiger partial charge in [0, 0.05) is 24.9 Å². The van der Waals surface area contributed by atoms with Gasteiger partial charge < -0.3 is 14.8 Å². The zero-order chi connectivity index (χ0) is 14.7. The van der Waals surface area contributed by atoms with Crippen LogP contribution in [0.4, 0.5) is 0 Å². The van der Waals surface area contributed by atoms with Crippen LogP contribution in [0.1, 0.15) is 44.1 Å². The van der Waals surface area contributed by atoms with Crippen LogP contribution in [-0.2, 0) is 11.3 Å². The van der Waals surface area contributed by atoms with Crippen molar-refractivity contribution in [1.29, 1.82) is 0 Å². The van der Waals surface area contributed by atoms with Crippen LogP contribution in [-0.4, -0.2) is 25.4 Å². The van der Waals surface area contributed by atoms with E-state index in [0.29, 0.717) is 5.02 Å². The van der Waals surface area contributed by atoms with Crippen LogP contribution >= 0.6 is 11.6 Å². The summed E-state index contributed by atoms with van der Waals surface area (Å²) in [6.45, 7) is 1.57. The Morgan fingerprint density at radius 2 is 2.19 bits per heavy atom. The number of halogens is 1. The highest BCUT2D eigenvalue weighted by molar-refractivity contribution is 6.32. The molecule has 1 unspecified atom stereocenters. The molecule has 0 aromatic heterocycles. The Hall–Kier alpha value is -0.770. The van der Waals surface area contributed by atoms with E-state index in [4.69, 9.17) is 21.1 Å². The Morgan fingerprint density at radius 1 is 1.38 bits per heavy atom. The van der Waals surface area contributed by atoms with Gasteiger partial charge in [-0.15, -0.1) is 0 Å². The van der Waals surface area contributed by atoms with Crippen LogP contribution in [0.5, 0.6) is 5.75 Å². The summed E-state index contributed by atoms with van der Waals surface area (Å²) in [7, 11) is 1.94. The van der Waals surface area contributed by atoms with E-state index in [-0.39, 0.29) is 11.7 Å². The molecule has 1 aromatic rings. The topological polar surface area (TPSA) is 30.5 Å². The Bertz CT molecular complexity index is 486. The summed E-state index contributed by atoms with van der Waals surface area (Å²) in [6.07, 6.45) is 7.08. The van der Waals surface area contributed by atoms with E-state index in [0.717, 1.165) is 37.3 Å². The number of benzene rings is 1. The molecule has 116 valence electrons. The molecule has 1 aromatic carbocycles. The van der Waals surface area contributed by atoms with E-state index in [9.17, 15) is 0 Å². The summed E-state index contributed by atoms with van der Waals surface area (Å²) >= 11 is 6.35. The normalized spacial score (nSPS) is 24.4. The minimum Gasteiger partial charge on any atom is -0.488 e. The van der Waals surface area contributed by atoms with E-state index in [1.165, 1.54) is 25.7 Å². The van der Waals surface area contributed by atoms with E-state index in [1.807, 2.05) is 19.2 Å². The molecule has 0 amide bonds. The van der Waals surface area contributed by atoms with Crippen LogP contribution in [0, 0.1) is 0 Å². The number of ether oxygens (including phenoxy) is 2. The molecule has 0 radical (unpaired) electrons. The predicted molar refractivity (Wildman–Crippen MR) is 85.0 cm³/mol. The average Bonchev–Trinajstić information content (AvgIpc) is 2.91. The van der Waals surface area contributed by atoms with Crippen molar-refractivity contribution >= 4 is 11.6 Å². The fourth-order valence-electron chi connectivity index (χ4n) is 3.63. The molecule has 3 rings (SSSR count). The maximum absolute atomic E-state index is 6.35. The molecule has 1 atom stereocenters. The molecule has 4 heteroatoms. The zero-order valence-corrected chi connectivity index (χ0v) is 13.4. The molecule has 1 spiro atoms. The van der Waals surface area contributed by atoms with Gasteiger partial charge in [-0.3, -0.25) is 0 Å². The minimum atomic E-state index is 0.0767. The Balaban J connectivity index is 1.74. The van der Waals surface area contributed by atoms with Gasteiger partial charge in [-0.1, -0.05) is 36.6 Å². The highest BCUT2D eigenvalue weighted by atomic mass is 35.5. The van der Waals surface area contributed by atoms with Crippen molar-refractivity contribution in [1.82, 2.24) is 5.32 Å². The summed E-state index contributed by atoms with van der Waals surface area (Å²) in [5.41, 5.74) is 1.20. The second-order valence-electron chi connectivity index (χ2n) is 6.23. The number of nitrogens with one attached hydrogen (secondary N) is 1. The lowest BCUT2D eigenvalue weighted by molar-refractivity contribution is -0.108. The molecule has 1 aliphatic heterocycles. The average molecular weight is 310 g/mol. The first-order valence-electron chi connectivity index (χ1n) is 7.95. The Labute approximate surface area is 132 Å². The quantitative estimate of drug-likeness (QED) is 0.914. The molecule has 1 N–H and O–H groups in total. The lowest BCUT2D eigenvalue weighted by Gasteiger charge is -2.38. The van der Waals surface area contributed by atoms with E-state index in [1.54, 1.807) is 0 Å². The lowest BCUT2D eigenvalue weighted by atomic mass is 9.90. The molecule has 0 bridgehead atoms. The van der Waals surface area contributed by atoms with Crippen molar-refractivity contribution in [2.24, 2.45) is 0 Å². The molecule has 1 aliphatic carbocycles. The molecular formula is C17H24ClNO2. The number of hydrogen-bond acceptors (Lipinski definition) is 3. The van der Waals surface area contributed by atoms with Gasteiger partial charge in [-0.2, -0.15) is 0 Å². The van der Waals surface area contributed by atoms with Crippen molar-refractivity contribution in [3.05, 3.63) is 28.8 Å². The Kier molecular flexibility index (Phi) is 4.72. The van der Waals surface area contributed by atoms with E-state index >= 15 is 0 Å². The lowest BCUT2D eigenvalue weighted by Crippen LogP contribution is -2.41. The van der Waals surface area contributed by atoms with Crippen molar-refractivity contribution in [3.63, 3.8) is 0 Å². The molecule has 3 nitrogen and oxygen atoms in total. The first kappa shape index (κ1) is 15.1. The smallest absolute Gasteiger partial charge is 0.142 e. The van der Waals surface area contributed by atoms with Crippen LogP contribution in [0.25, 0.3) is 0 Å². The van der Waals surface area contributed by atoms with E-state index < -0.39 is 0 Å². The Morgan fingerprint density at radius 3 is 2.95 bits per heavy atom. The fraction of sp³-hybridized carbons (Fsp3) is 0.647. The highest BCUT2D eigenvalue weighted by Gasteiger charge is 2.40. The summed E-state index contributed by atoms with van der Waals surface area (Å²) in [5.74, 6) is 0.841. The predicted octanol–water partition coefficient (Wildman–Crippen LogP) is 3.93.